The standard InChI is InChI=1S/C12H14BrOP/c1-3-9-15(14,10-4-2)12-7-5-11(13)6-8-12/h3-8H,1-2,9-10H2. The molecule has 15 heavy (non-hydrogen) atoms. The van der Waals surface area contributed by atoms with E-state index in [1.807, 2.05) is 24.3 Å². The van der Waals surface area contributed by atoms with Gasteiger partial charge in [0, 0.05) is 22.1 Å². The third-order valence-corrected chi connectivity index (χ3v) is 5.61. The van der Waals surface area contributed by atoms with Crippen molar-refractivity contribution in [2.75, 3.05) is 12.3 Å². The molecule has 0 amide bonds. The number of rotatable bonds is 5. The molecule has 1 nitrogen and oxygen atoms in total. The molecular weight excluding hydrogens is 271 g/mol. The average molecular weight is 285 g/mol. The second-order valence-electron chi connectivity index (χ2n) is 3.31. The van der Waals surface area contributed by atoms with Crippen molar-refractivity contribution in [3.8, 4) is 0 Å². The van der Waals surface area contributed by atoms with Crippen molar-refractivity contribution in [1.29, 1.82) is 0 Å². The molecule has 3 heteroatoms. The van der Waals surface area contributed by atoms with Gasteiger partial charge in [-0.2, -0.15) is 0 Å². The van der Waals surface area contributed by atoms with E-state index in [9.17, 15) is 4.57 Å². The van der Waals surface area contributed by atoms with Crippen LogP contribution in [0, 0.1) is 0 Å². The molecule has 0 fully saturated rings. The van der Waals surface area contributed by atoms with Crippen molar-refractivity contribution < 1.29 is 4.57 Å². The van der Waals surface area contributed by atoms with Gasteiger partial charge < -0.3 is 4.57 Å². The van der Waals surface area contributed by atoms with E-state index >= 15 is 0 Å². The van der Waals surface area contributed by atoms with Gasteiger partial charge >= 0.3 is 0 Å². The summed E-state index contributed by atoms with van der Waals surface area (Å²) in [5.41, 5.74) is 0. The normalized spacial score (nSPS) is 11.0. The van der Waals surface area contributed by atoms with Crippen molar-refractivity contribution in [1.82, 2.24) is 0 Å². The van der Waals surface area contributed by atoms with Gasteiger partial charge in [0.2, 0.25) is 0 Å². The summed E-state index contributed by atoms with van der Waals surface area (Å²) in [6, 6.07) is 7.62. The molecule has 0 spiro atoms. The van der Waals surface area contributed by atoms with E-state index in [1.54, 1.807) is 12.2 Å². The summed E-state index contributed by atoms with van der Waals surface area (Å²) in [5.74, 6) is 0. The third-order valence-electron chi connectivity index (χ3n) is 2.15. The van der Waals surface area contributed by atoms with Gasteiger partial charge in [0.05, 0.1) is 0 Å². The van der Waals surface area contributed by atoms with Gasteiger partial charge in [-0.25, -0.2) is 0 Å². The Morgan fingerprint density at radius 2 is 1.60 bits per heavy atom. The minimum Gasteiger partial charge on any atom is -0.318 e. The smallest absolute Gasteiger partial charge is 0.122 e. The largest absolute Gasteiger partial charge is 0.318 e. The molecule has 80 valence electrons. The Bertz CT molecular complexity index is 381. The maximum Gasteiger partial charge on any atom is 0.122 e. The highest BCUT2D eigenvalue weighted by Gasteiger charge is 2.20. The van der Waals surface area contributed by atoms with Crippen LogP contribution in [-0.2, 0) is 4.57 Å². The lowest BCUT2D eigenvalue weighted by Crippen LogP contribution is -2.08. The van der Waals surface area contributed by atoms with Crippen molar-refractivity contribution >= 4 is 28.4 Å². The molecule has 1 aromatic rings. The lowest BCUT2D eigenvalue weighted by Gasteiger charge is -2.14. The second kappa shape index (κ2) is 5.48. The Labute approximate surface area is 99.4 Å². The van der Waals surface area contributed by atoms with Gasteiger partial charge in [0.15, 0.2) is 0 Å². The van der Waals surface area contributed by atoms with E-state index in [1.165, 1.54) is 0 Å². The van der Waals surface area contributed by atoms with Crippen LogP contribution >= 0.6 is 23.1 Å². The van der Waals surface area contributed by atoms with E-state index in [0.29, 0.717) is 12.3 Å². The topological polar surface area (TPSA) is 17.1 Å². The number of allylic oxidation sites excluding steroid dienone is 2. The Kier molecular flexibility index (Phi) is 4.56. The quantitative estimate of drug-likeness (QED) is 0.594. The van der Waals surface area contributed by atoms with Crippen LogP contribution in [0.2, 0.25) is 0 Å². The van der Waals surface area contributed by atoms with E-state index < -0.39 is 7.14 Å². The van der Waals surface area contributed by atoms with Gasteiger partial charge in [-0.1, -0.05) is 40.2 Å². The predicted octanol–water partition coefficient (Wildman–Crippen LogP) is 3.81. The van der Waals surface area contributed by atoms with Crippen LogP contribution in [-0.4, -0.2) is 12.3 Å². The first-order valence-electron chi connectivity index (χ1n) is 4.68. The van der Waals surface area contributed by atoms with Crippen LogP contribution in [0.4, 0.5) is 0 Å². The zero-order chi connectivity index (χ0) is 11.3. The highest BCUT2D eigenvalue weighted by molar-refractivity contribution is 9.10. The maximum absolute atomic E-state index is 12.6. The molecular formula is C12H14BrOP. The maximum atomic E-state index is 12.6. The van der Waals surface area contributed by atoms with Crippen LogP contribution in [0.25, 0.3) is 0 Å². The summed E-state index contributed by atoms with van der Waals surface area (Å²) < 4.78 is 13.6. The van der Waals surface area contributed by atoms with Crippen LogP contribution < -0.4 is 5.30 Å². The number of benzene rings is 1. The molecule has 0 saturated carbocycles. The molecule has 0 bridgehead atoms. The molecule has 0 N–H and O–H groups in total. The molecule has 0 unspecified atom stereocenters. The molecule has 1 rings (SSSR count). The van der Waals surface area contributed by atoms with Crippen molar-refractivity contribution in [3.63, 3.8) is 0 Å². The molecule has 0 aliphatic heterocycles. The first kappa shape index (κ1) is 12.5. The summed E-state index contributed by atoms with van der Waals surface area (Å²) in [4.78, 5) is 0. The summed E-state index contributed by atoms with van der Waals surface area (Å²) in [5, 5.41) is 0.894. The summed E-state index contributed by atoms with van der Waals surface area (Å²) in [7, 11) is -2.35. The van der Waals surface area contributed by atoms with Gasteiger partial charge in [0.25, 0.3) is 0 Å². The van der Waals surface area contributed by atoms with E-state index in [-0.39, 0.29) is 0 Å². The van der Waals surface area contributed by atoms with Crippen molar-refractivity contribution in [3.05, 3.63) is 54.0 Å². The fourth-order valence-corrected chi connectivity index (χ4v) is 3.78. The summed E-state index contributed by atoms with van der Waals surface area (Å²) in [6.07, 6.45) is 4.49. The lowest BCUT2D eigenvalue weighted by atomic mass is 10.4. The van der Waals surface area contributed by atoms with Crippen molar-refractivity contribution in [2.24, 2.45) is 0 Å². The monoisotopic (exact) mass is 284 g/mol. The Balaban J connectivity index is 3.08. The first-order chi connectivity index (χ1) is 7.12. The minimum atomic E-state index is -2.35. The fraction of sp³-hybridized carbons (Fsp3) is 0.167. The summed E-state index contributed by atoms with van der Waals surface area (Å²) in [6.45, 7) is 7.31. The molecule has 0 aromatic heterocycles. The molecule has 0 atom stereocenters. The predicted molar refractivity (Wildman–Crippen MR) is 71.5 cm³/mol. The Hall–Kier alpha value is -0.590. The molecule has 1 aromatic carbocycles. The zero-order valence-electron chi connectivity index (χ0n) is 8.53. The lowest BCUT2D eigenvalue weighted by molar-refractivity contribution is 0.584. The first-order valence-corrected chi connectivity index (χ1v) is 7.55. The van der Waals surface area contributed by atoms with Crippen LogP contribution in [0.5, 0.6) is 0 Å². The average Bonchev–Trinajstić information content (AvgIpc) is 2.19. The number of halogens is 1. The van der Waals surface area contributed by atoms with Crippen molar-refractivity contribution in [2.45, 2.75) is 0 Å². The number of hydrogen-bond donors (Lipinski definition) is 0. The zero-order valence-corrected chi connectivity index (χ0v) is 11.0. The van der Waals surface area contributed by atoms with Gasteiger partial charge in [-0.05, 0) is 12.1 Å². The van der Waals surface area contributed by atoms with Gasteiger partial charge in [-0.3, -0.25) is 0 Å². The van der Waals surface area contributed by atoms with Crippen LogP contribution in [0.15, 0.2) is 54.0 Å². The SMILES string of the molecule is C=CCP(=O)(CC=C)c1ccc(Br)cc1. The number of hydrogen-bond acceptors (Lipinski definition) is 1. The minimum absolute atomic E-state index is 0.528. The highest BCUT2D eigenvalue weighted by Crippen LogP contribution is 2.44. The molecule has 0 saturated heterocycles. The third kappa shape index (κ3) is 3.19. The van der Waals surface area contributed by atoms with Crippen LogP contribution in [0.1, 0.15) is 0 Å². The molecule has 0 radical (unpaired) electrons. The molecule has 0 aliphatic carbocycles. The van der Waals surface area contributed by atoms with Gasteiger partial charge in [0.1, 0.15) is 7.14 Å². The second-order valence-corrected chi connectivity index (χ2v) is 7.25. The fourth-order valence-electron chi connectivity index (χ4n) is 1.42. The van der Waals surface area contributed by atoms with E-state index in [0.717, 1.165) is 9.78 Å². The molecule has 0 aliphatic rings. The Morgan fingerprint density at radius 1 is 1.13 bits per heavy atom. The van der Waals surface area contributed by atoms with Gasteiger partial charge in [-0.15, -0.1) is 13.2 Å². The van der Waals surface area contributed by atoms with E-state index in [2.05, 4.69) is 29.1 Å². The van der Waals surface area contributed by atoms with E-state index in [4.69, 9.17) is 0 Å². The highest BCUT2D eigenvalue weighted by atomic mass is 79.9. The molecule has 0 heterocycles. The van der Waals surface area contributed by atoms with Crippen LogP contribution in [0.3, 0.4) is 0 Å². The Morgan fingerprint density at radius 3 is 2.00 bits per heavy atom. The summed E-state index contributed by atoms with van der Waals surface area (Å²) >= 11 is 3.36.